The Hall–Kier alpha value is -2.78. The fourth-order valence-corrected chi connectivity index (χ4v) is 2.55. The van der Waals surface area contributed by atoms with E-state index < -0.39 is 16.8 Å². The van der Waals surface area contributed by atoms with Crippen LogP contribution in [0, 0.1) is 0 Å². The SMILES string of the molecule is CN=S(C)OOc1ccc2ccc(C(=O)c3nc(C(C)C)no3)c(O)c2c1. The molecule has 3 aromatic rings. The fraction of sp³-hybridized carbons (Fsp3) is 0.278. The van der Waals surface area contributed by atoms with Gasteiger partial charge in [0, 0.05) is 24.6 Å². The quantitative estimate of drug-likeness (QED) is 0.390. The minimum Gasteiger partial charge on any atom is -0.507 e. The number of phenolic OH excluding ortho intramolecular Hbond substituents is 1. The van der Waals surface area contributed by atoms with Crippen molar-refractivity contribution in [3.05, 3.63) is 47.6 Å². The van der Waals surface area contributed by atoms with Crippen LogP contribution in [0.15, 0.2) is 39.2 Å². The Bertz CT molecular complexity index is 1030. The Kier molecular flexibility index (Phi) is 5.52. The van der Waals surface area contributed by atoms with E-state index >= 15 is 0 Å². The van der Waals surface area contributed by atoms with Crippen LogP contribution in [0.3, 0.4) is 0 Å². The number of fused-ring (bicyclic) bond motifs is 1. The molecule has 0 fully saturated rings. The van der Waals surface area contributed by atoms with E-state index in [2.05, 4.69) is 14.5 Å². The molecule has 142 valence electrons. The van der Waals surface area contributed by atoms with E-state index in [4.69, 9.17) is 13.7 Å². The summed E-state index contributed by atoms with van der Waals surface area (Å²) in [6.07, 6.45) is 1.76. The lowest BCUT2D eigenvalue weighted by atomic mass is 10.0. The van der Waals surface area contributed by atoms with Gasteiger partial charge in [0.15, 0.2) is 11.6 Å². The van der Waals surface area contributed by atoms with Crippen LogP contribution in [0.4, 0.5) is 0 Å². The average Bonchev–Trinajstić information content (AvgIpc) is 3.16. The predicted molar refractivity (Wildman–Crippen MR) is 101 cm³/mol. The number of hydrogen-bond donors (Lipinski definition) is 1. The Morgan fingerprint density at radius 3 is 2.70 bits per heavy atom. The van der Waals surface area contributed by atoms with E-state index in [1.54, 1.807) is 37.6 Å². The van der Waals surface area contributed by atoms with Gasteiger partial charge in [-0.05, 0) is 23.6 Å². The number of aromatic nitrogens is 2. The minimum atomic E-state index is -0.696. The summed E-state index contributed by atoms with van der Waals surface area (Å²) in [7, 11) is 0.928. The average molecular weight is 389 g/mol. The zero-order chi connectivity index (χ0) is 19.6. The molecule has 0 saturated heterocycles. The third-order valence-electron chi connectivity index (χ3n) is 3.85. The minimum absolute atomic E-state index is 0.0261. The zero-order valence-electron chi connectivity index (χ0n) is 15.3. The van der Waals surface area contributed by atoms with E-state index in [0.717, 1.165) is 5.39 Å². The number of carbonyl (C=O) groups excluding carboxylic acids is 1. The first-order valence-corrected chi connectivity index (χ1v) is 9.67. The Morgan fingerprint density at radius 1 is 1.30 bits per heavy atom. The third-order valence-corrected chi connectivity index (χ3v) is 4.63. The molecule has 3 rings (SSSR count). The molecular formula is C18H19N3O5S. The molecule has 1 heterocycles. The van der Waals surface area contributed by atoms with Crippen molar-refractivity contribution >= 4 is 27.5 Å². The third kappa shape index (κ3) is 3.99. The molecule has 0 radical (unpaired) electrons. The molecule has 9 heteroatoms. The number of benzene rings is 2. The van der Waals surface area contributed by atoms with E-state index in [-0.39, 0.29) is 23.1 Å². The van der Waals surface area contributed by atoms with Crippen LogP contribution in [-0.4, -0.2) is 34.3 Å². The maximum atomic E-state index is 12.7. The van der Waals surface area contributed by atoms with Gasteiger partial charge in [0.1, 0.15) is 5.75 Å². The van der Waals surface area contributed by atoms with Crippen molar-refractivity contribution in [1.82, 2.24) is 10.1 Å². The molecule has 0 aliphatic rings. The number of nitrogens with zero attached hydrogens (tertiary/aromatic N) is 3. The first kappa shape index (κ1) is 19.0. The Labute approximate surface area is 158 Å². The van der Waals surface area contributed by atoms with Gasteiger partial charge in [-0.1, -0.05) is 31.1 Å². The summed E-state index contributed by atoms with van der Waals surface area (Å²) in [6.45, 7) is 3.78. The Morgan fingerprint density at radius 2 is 2.04 bits per heavy atom. The molecule has 1 N–H and O–H groups in total. The van der Waals surface area contributed by atoms with Crippen molar-refractivity contribution in [2.75, 3.05) is 13.3 Å². The molecule has 27 heavy (non-hydrogen) atoms. The predicted octanol–water partition coefficient (Wildman–Crippen LogP) is 3.57. The molecular weight excluding hydrogens is 370 g/mol. The van der Waals surface area contributed by atoms with Crippen molar-refractivity contribution in [2.45, 2.75) is 19.8 Å². The lowest BCUT2D eigenvalue weighted by molar-refractivity contribution is -0.0811. The number of ketones is 1. The second-order valence-corrected chi connectivity index (χ2v) is 7.39. The first-order chi connectivity index (χ1) is 12.9. The maximum Gasteiger partial charge on any atom is 0.299 e. The van der Waals surface area contributed by atoms with Crippen molar-refractivity contribution in [2.24, 2.45) is 4.36 Å². The monoisotopic (exact) mass is 389 g/mol. The number of hydrogen-bond acceptors (Lipinski definition) is 8. The summed E-state index contributed by atoms with van der Waals surface area (Å²) in [5.41, 5.74) is 0.0679. The lowest BCUT2D eigenvalue weighted by Crippen LogP contribution is -2.03. The van der Waals surface area contributed by atoms with Crippen molar-refractivity contribution in [3.8, 4) is 11.5 Å². The second kappa shape index (κ2) is 7.85. The Balaban J connectivity index is 1.96. The van der Waals surface area contributed by atoms with Crippen molar-refractivity contribution < 1.29 is 23.6 Å². The molecule has 1 unspecified atom stereocenters. The summed E-state index contributed by atoms with van der Waals surface area (Å²) >= 11 is 0. The number of rotatable bonds is 6. The molecule has 0 aliphatic carbocycles. The van der Waals surface area contributed by atoms with E-state index in [9.17, 15) is 9.90 Å². The molecule has 0 bridgehead atoms. The first-order valence-electron chi connectivity index (χ1n) is 8.15. The van der Waals surface area contributed by atoms with Gasteiger partial charge in [-0.3, -0.25) is 4.79 Å². The van der Waals surface area contributed by atoms with Crippen LogP contribution in [0.1, 0.15) is 41.8 Å². The summed E-state index contributed by atoms with van der Waals surface area (Å²) in [5.74, 6) is -0.0611. The number of carbonyl (C=O) groups is 1. The number of aromatic hydroxyl groups is 1. The molecule has 1 atom stereocenters. The molecule has 2 aromatic carbocycles. The van der Waals surface area contributed by atoms with Crippen LogP contribution in [0.5, 0.6) is 11.5 Å². The smallest absolute Gasteiger partial charge is 0.299 e. The van der Waals surface area contributed by atoms with E-state index in [1.165, 1.54) is 6.07 Å². The summed E-state index contributed by atoms with van der Waals surface area (Å²) in [6, 6.07) is 8.28. The van der Waals surface area contributed by atoms with Gasteiger partial charge >= 0.3 is 0 Å². The fourth-order valence-electron chi connectivity index (χ4n) is 2.31. The highest BCUT2D eigenvalue weighted by atomic mass is 32.2. The standard InChI is InChI=1S/C18H19N3O5S/c1-10(2)17-20-18(24-21-17)16(23)13-8-6-11-5-7-12(9-14(11)15(13)22)25-26-27(4)19-3/h5-10,22H,1-4H3. The largest absolute Gasteiger partial charge is 0.507 e. The lowest BCUT2D eigenvalue weighted by Gasteiger charge is -2.08. The van der Waals surface area contributed by atoms with Gasteiger partial charge in [-0.15, -0.1) is 4.33 Å². The highest BCUT2D eigenvalue weighted by Gasteiger charge is 2.22. The topological polar surface area (TPSA) is 107 Å². The van der Waals surface area contributed by atoms with Crippen LogP contribution in [0.25, 0.3) is 10.8 Å². The molecule has 0 spiro atoms. The van der Waals surface area contributed by atoms with Crippen molar-refractivity contribution in [3.63, 3.8) is 0 Å². The second-order valence-electron chi connectivity index (χ2n) is 6.04. The molecule has 0 aliphatic heterocycles. The van der Waals surface area contributed by atoms with Gasteiger partial charge in [-0.2, -0.15) is 4.98 Å². The van der Waals surface area contributed by atoms with Gasteiger partial charge < -0.3 is 14.5 Å². The van der Waals surface area contributed by atoms with Crippen LogP contribution < -0.4 is 4.89 Å². The highest BCUT2D eigenvalue weighted by molar-refractivity contribution is 7.81. The van der Waals surface area contributed by atoms with Crippen molar-refractivity contribution in [1.29, 1.82) is 0 Å². The van der Waals surface area contributed by atoms with E-state index in [1.807, 2.05) is 13.8 Å². The normalized spacial score (nSPS) is 12.6. The summed E-state index contributed by atoms with van der Waals surface area (Å²) in [4.78, 5) is 22.0. The summed E-state index contributed by atoms with van der Waals surface area (Å²) in [5, 5.41) is 15.6. The van der Waals surface area contributed by atoms with Crippen LogP contribution >= 0.6 is 0 Å². The zero-order valence-corrected chi connectivity index (χ0v) is 16.1. The number of phenols is 1. The van der Waals surface area contributed by atoms with Gasteiger partial charge in [0.05, 0.1) is 16.5 Å². The molecule has 1 aromatic heterocycles. The highest BCUT2D eigenvalue weighted by Crippen LogP contribution is 2.33. The van der Waals surface area contributed by atoms with Crippen LogP contribution in [0.2, 0.25) is 0 Å². The van der Waals surface area contributed by atoms with E-state index in [0.29, 0.717) is 17.0 Å². The maximum absolute atomic E-state index is 12.7. The van der Waals surface area contributed by atoms with Gasteiger partial charge in [-0.25, -0.2) is 4.36 Å². The molecule has 8 nitrogen and oxygen atoms in total. The summed E-state index contributed by atoms with van der Waals surface area (Å²) < 4.78 is 14.1. The van der Waals surface area contributed by atoms with Gasteiger partial charge in [0.25, 0.3) is 11.7 Å². The van der Waals surface area contributed by atoms with Gasteiger partial charge in [0.2, 0.25) is 0 Å². The van der Waals surface area contributed by atoms with Crippen LogP contribution in [-0.2, 0) is 15.3 Å². The molecule has 0 saturated carbocycles. The molecule has 0 amide bonds.